The zero-order valence-corrected chi connectivity index (χ0v) is 17.3. The van der Waals surface area contributed by atoms with Crippen molar-refractivity contribution in [2.75, 3.05) is 0 Å². The first-order valence-electron chi connectivity index (χ1n) is 9.59. The fourth-order valence-corrected chi connectivity index (χ4v) is 4.07. The van der Waals surface area contributed by atoms with Crippen molar-refractivity contribution in [2.45, 2.75) is 6.54 Å². The van der Waals surface area contributed by atoms with Crippen LogP contribution in [0.3, 0.4) is 0 Å². The second kappa shape index (κ2) is 8.08. The van der Waals surface area contributed by atoms with Crippen LogP contribution in [0.1, 0.15) is 16.1 Å². The third-order valence-corrected chi connectivity index (χ3v) is 5.81. The van der Waals surface area contributed by atoms with Crippen molar-refractivity contribution in [3.63, 3.8) is 0 Å². The van der Waals surface area contributed by atoms with Gasteiger partial charge in [0.25, 0.3) is 11.6 Å². The summed E-state index contributed by atoms with van der Waals surface area (Å²) >= 11 is 1.55. The molecular weight excluding hydrogens is 430 g/mol. The van der Waals surface area contributed by atoms with E-state index in [9.17, 15) is 14.9 Å². The standard InChI is InChI=1S/C22H15N5O4S/c28-21(14-11-24-26(13-14)15-5-7-16(8-6-15)27(29)30)23-12-17-9-10-19(31-17)22-25-18-3-1-2-4-20(18)32-22/h1-11,13H,12H2,(H,23,28). The number of rotatable bonds is 6. The predicted octanol–water partition coefficient (Wildman–Crippen LogP) is 4.58. The molecule has 0 saturated heterocycles. The molecule has 0 aliphatic heterocycles. The fraction of sp³-hybridized carbons (Fsp3) is 0.0455. The summed E-state index contributed by atoms with van der Waals surface area (Å²) in [6.45, 7) is 0.215. The molecule has 9 nitrogen and oxygen atoms in total. The lowest BCUT2D eigenvalue weighted by Gasteiger charge is -2.01. The maximum absolute atomic E-state index is 12.5. The lowest BCUT2D eigenvalue weighted by atomic mass is 10.3. The van der Waals surface area contributed by atoms with Crippen LogP contribution < -0.4 is 5.32 Å². The summed E-state index contributed by atoms with van der Waals surface area (Å²) in [6.07, 6.45) is 3.00. The van der Waals surface area contributed by atoms with Gasteiger partial charge in [0.1, 0.15) is 5.76 Å². The van der Waals surface area contributed by atoms with Crippen molar-refractivity contribution >= 4 is 33.1 Å². The topological polar surface area (TPSA) is 116 Å². The van der Waals surface area contributed by atoms with Crippen LogP contribution in [-0.4, -0.2) is 25.6 Å². The van der Waals surface area contributed by atoms with Gasteiger partial charge in [-0.05, 0) is 36.4 Å². The van der Waals surface area contributed by atoms with Gasteiger partial charge in [0.05, 0.1) is 39.1 Å². The van der Waals surface area contributed by atoms with Crippen molar-refractivity contribution in [1.29, 1.82) is 0 Å². The van der Waals surface area contributed by atoms with Gasteiger partial charge in [0, 0.05) is 18.3 Å². The van der Waals surface area contributed by atoms with Gasteiger partial charge in [-0.25, -0.2) is 9.67 Å². The summed E-state index contributed by atoms with van der Waals surface area (Å²) in [5, 5.41) is 18.5. The van der Waals surface area contributed by atoms with Crippen molar-refractivity contribution in [2.24, 2.45) is 0 Å². The van der Waals surface area contributed by atoms with E-state index in [4.69, 9.17) is 4.42 Å². The first-order valence-corrected chi connectivity index (χ1v) is 10.4. The number of thiazole rings is 1. The number of nitro benzene ring substituents is 1. The van der Waals surface area contributed by atoms with Gasteiger partial charge >= 0.3 is 0 Å². The molecule has 3 heterocycles. The second-order valence-corrected chi connectivity index (χ2v) is 7.91. The second-order valence-electron chi connectivity index (χ2n) is 6.88. The zero-order chi connectivity index (χ0) is 22.1. The van der Waals surface area contributed by atoms with Crippen molar-refractivity contribution in [3.8, 4) is 16.5 Å². The van der Waals surface area contributed by atoms with Crippen LogP contribution in [0.25, 0.3) is 26.7 Å². The van der Waals surface area contributed by atoms with Crippen LogP contribution in [0.4, 0.5) is 5.69 Å². The largest absolute Gasteiger partial charge is 0.457 e. The molecule has 0 spiro atoms. The molecule has 5 aromatic rings. The van der Waals surface area contributed by atoms with E-state index in [0.29, 0.717) is 22.8 Å². The molecule has 10 heteroatoms. The average molecular weight is 445 g/mol. The number of hydrogen-bond acceptors (Lipinski definition) is 7. The number of nitrogens with zero attached hydrogens (tertiary/aromatic N) is 4. The van der Waals surface area contributed by atoms with E-state index in [0.717, 1.165) is 15.2 Å². The molecule has 0 saturated carbocycles. The van der Waals surface area contributed by atoms with Crippen LogP contribution in [0.5, 0.6) is 0 Å². The summed E-state index contributed by atoms with van der Waals surface area (Å²) < 4.78 is 8.41. The number of aromatic nitrogens is 3. The van der Waals surface area contributed by atoms with Crippen LogP contribution in [-0.2, 0) is 6.54 Å². The smallest absolute Gasteiger partial charge is 0.269 e. The van der Waals surface area contributed by atoms with Gasteiger partial charge in [-0.2, -0.15) is 5.10 Å². The van der Waals surface area contributed by atoms with Gasteiger partial charge in [0.15, 0.2) is 10.8 Å². The van der Waals surface area contributed by atoms with Crippen LogP contribution >= 0.6 is 11.3 Å². The number of furan rings is 1. The summed E-state index contributed by atoms with van der Waals surface area (Å²) in [5.74, 6) is 0.952. The van der Waals surface area contributed by atoms with Crippen LogP contribution in [0.2, 0.25) is 0 Å². The number of benzene rings is 2. The Morgan fingerprint density at radius 1 is 1.12 bits per heavy atom. The lowest BCUT2D eigenvalue weighted by Crippen LogP contribution is -2.22. The van der Waals surface area contributed by atoms with Crippen LogP contribution in [0.15, 0.2) is 77.5 Å². The Labute approximate surface area is 185 Å². The van der Waals surface area contributed by atoms with Gasteiger partial charge in [-0.1, -0.05) is 12.1 Å². The highest BCUT2D eigenvalue weighted by Crippen LogP contribution is 2.31. The zero-order valence-electron chi connectivity index (χ0n) is 16.5. The lowest BCUT2D eigenvalue weighted by molar-refractivity contribution is -0.384. The Kier molecular flexibility index (Phi) is 4.96. The van der Waals surface area contributed by atoms with E-state index in [1.807, 2.05) is 36.4 Å². The van der Waals surface area contributed by atoms with Gasteiger partial charge in [0.2, 0.25) is 0 Å². The molecule has 32 heavy (non-hydrogen) atoms. The first kappa shape index (κ1) is 19.6. The summed E-state index contributed by atoms with van der Waals surface area (Å²) in [7, 11) is 0. The van der Waals surface area contributed by atoms with E-state index in [1.165, 1.54) is 23.0 Å². The first-order chi connectivity index (χ1) is 15.6. The minimum absolute atomic E-state index is 0.0115. The SMILES string of the molecule is O=C(NCc1ccc(-c2nc3ccccc3s2)o1)c1cnn(-c2ccc([N+](=O)[O-])cc2)c1. The number of fused-ring (bicyclic) bond motifs is 1. The molecule has 1 amide bonds. The highest BCUT2D eigenvalue weighted by Gasteiger charge is 2.13. The van der Waals surface area contributed by atoms with Crippen molar-refractivity contribution in [3.05, 3.63) is 94.5 Å². The van der Waals surface area contributed by atoms with E-state index >= 15 is 0 Å². The molecule has 0 bridgehead atoms. The molecule has 5 rings (SSSR count). The number of carbonyl (C=O) groups excluding carboxylic acids is 1. The van der Waals surface area contributed by atoms with Crippen molar-refractivity contribution < 1.29 is 14.1 Å². The summed E-state index contributed by atoms with van der Waals surface area (Å²) in [4.78, 5) is 27.4. The monoisotopic (exact) mass is 445 g/mol. The summed E-state index contributed by atoms with van der Waals surface area (Å²) in [6, 6.07) is 17.4. The van der Waals surface area contributed by atoms with Crippen molar-refractivity contribution in [1.82, 2.24) is 20.1 Å². The number of nitrogens with one attached hydrogen (secondary N) is 1. The molecule has 1 N–H and O–H groups in total. The maximum Gasteiger partial charge on any atom is 0.269 e. The minimum atomic E-state index is -0.470. The normalized spacial score (nSPS) is 11.0. The Bertz CT molecular complexity index is 1400. The van der Waals surface area contributed by atoms with E-state index in [2.05, 4.69) is 15.4 Å². The molecule has 0 aliphatic carbocycles. The van der Waals surface area contributed by atoms with E-state index in [-0.39, 0.29) is 18.1 Å². The Morgan fingerprint density at radius 2 is 1.94 bits per heavy atom. The molecular formula is C22H15N5O4S. The molecule has 0 fully saturated rings. The summed E-state index contributed by atoms with van der Waals surface area (Å²) in [5.41, 5.74) is 1.88. The molecule has 0 radical (unpaired) electrons. The molecule has 0 unspecified atom stereocenters. The average Bonchev–Trinajstić information content (AvgIpc) is 3.56. The molecule has 2 aromatic carbocycles. The minimum Gasteiger partial charge on any atom is -0.457 e. The van der Waals surface area contributed by atoms with Gasteiger partial charge in [-0.15, -0.1) is 11.3 Å². The highest BCUT2D eigenvalue weighted by molar-refractivity contribution is 7.21. The van der Waals surface area contributed by atoms with Crippen LogP contribution in [0, 0.1) is 10.1 Å². The fourth-order valence-electron chi connectivity index (χ4n) is 3.14. The van der Waals surface area contributed by atoms with Gasteiger partial charge in [-0.3, -0.25) is 14.9 Å². The number of para-hydroxylation sites is 1. The number of carbonyl (C=O) groups is 1. The Morgan fingerprint density at radius 3 is 2.72 bits per heavy atom. The number of amides is 1. The molecule has 3 aromatic heterocycles. The number of non-ortho nitro benzene ring substituents is 1. The third-order valence-electron chi connectivity index (χ3n) is 4.76. The third kappa shape index (κ3) is 3.86. The van der Waals surface area contributed by atoms with E-state index in [1.54, 1.807) is 29.7 Å². The highest BCUT2D eigenvalue weighted by atomic mass is 32.1. The Hall–Kier alpha value is -4.31. The predicted molar refractivity (Wildman–Crippen MR) is 119 cm³/mol. The number of nitro groups is 1. The molecule has 0 aliphatic rings. The number of hydrogen-bond donors (Lipinski definition) is 1. The van der Waals surface area contributed by atoms with E-state index < -0.39 is 4.92 Å². The maximum atomic E-state index is 12.5. The Balaban J connectivity index is 1.24. The quantitative estimate of drug-likeness (QED) is 0.302. The van der Waals surface area contributed by atoms with Gasteiger partial charge < -0.3 is 9.73 Å². The molecule has 0 atom stereocenters. The molecule has 158 valence electrons.